The van der Waals surface area contributed by atoms with E-state index in [0.29, 0.717) is 10.0 Å². The molecule has 0 saturated carbocycles. The average molecular weight is 461 g/mol. The van der Waals surface area contributed by atoms with Gasteiger partial charge in [0.15, 0.2) is 21.4 Å². The highest BCUT2D eigenvalue weighted by Gasteiger charge is 2.36. The van der Waals surface area contributed by atoms with E-state index in [4.69, 9.17) is 23.2 Å². The van der Waals surface area contributed by atoms with E-state index < -0.39 is 33.1 Å². The number of aryl methyl sites for hydroxylation is 1. The predicted molar refractivity (Wildman–Crippen MR) is 118 cm³/mol. The molecule has 1 atom stereocenters. The third-order valence-corrected chi connectivity index (χ3v) is 7.25. The van der Waals surface area contributed by atoms with Crippen molar-refractivity contribution in [2.45, 2.75) is 23.5 Å². The van der Waals surface area contributed by atoms with Crippen molar-refractivity contribution < 1.29 is 18.0 Å². The van der Waals surface area contributed by atoms with Gasteiger partial charge in [-0.15, -0.1) is 0 Å². The fourth-order valence-corrected chi connectivity index (χ4v) is 4.84. The van der Waals surface area contributed by atoms with Crippen LogP contribution < -0.4 is 0 Å². The quantitative estimate of drug-likeness (QED) is 0.430. The lowest BCUT2D eigenvalue weighted by Gasteiger charge is -2.17. The Kier molecular flexibility index (Phi) is 6.76. The van der Waals surface area contributed by atoms with E-state index in [1.54, 1.807) is 24.3 Å². The SMILES string of the molecule is Cc1ccc(S(=O)(=O)[C@@H](CC(=O)c2ccc(Cl)cc2)C(=O)c2ccc(Cl)cc2)cc1. The predicted octanol–water partition coefficient (Wildman–Crippen LogP) is 5.60. The zero-order chi connectivity index (χ0) is 21.9. The van der Waals surface area contributed by atoms with Gasteiger partial charge < -0.3 is 0 Å². The second kappa shape index (κ2) is 9.13. The molecule has 0 heterocycles. The molecule has 0 spiro atoms. The zero-order valence-corrected chi connectivity index (χ0v) is 18.3. The first-order valence-corrected chi connectivity index (χ1v) is 11.4. The summed E-state index contributed by atoms with van der Waals surface area (Å²) in [6, 6.07) is 18.2. The number of hydrogen-bond donors (Lipinski definition) is 0. The van der Waals surface area contributed by atoms with Crippen LogP contribution in [0.3, 0.4) is 0 Å². The summed E-state index contributed by atoms with van der Waals surface area (Å²) in [5.41, 5.74) is 1.34. The molecule has 4 nitrogen and oxygen atoms in total. The molecule has 154 valence electrons. The zero-order valence-electron chi connectivity index (χ0n) is 16.0. The highest BCUT2D eigenvalue weighted by molar-refractivity contribution is 7.92. The highest BCUT2D eigenvalue weighted by Crippen LogP contribution is 2.25. The van der Waals surface area contributed by atoms with Crippen molar-refractivity contribution in [2.24, 2.45) is 0 Å². The van der Waals surface area contributed by atoms with Crippen LogP contribution in [0.15, 0.2) is 77.7 Å². The molecule has 0 aromatic heterocycles. The molecule has 0 aliphatic rings. The number of ketones is 2. The van der Waals surface area contributed by atoms with E-state index in [1.165, 1.54) is 48.5 Å². The first-order valence-electron chi connectivity index (χ1n) is 9.07. The molecule has 3 rings (SSSR count). The fourth-order valence-electron chi connectivity index (χ4n) is 2.96. The minimum absolute atomic E-state index is 0.00989. The molecule has 0 aliphatic heterocycles. The minimum Gasteiger partial charge on any atom is -0.294 e. The Bertz CT molecular complexity index is 1170. The topological polar surface area (TPSA) is 68.3 Å². The summed E-state index contributed by atoms with van der Waals surface area (Å²) in [6.07, 6.45) is -0.487. The fraction of sp³-hybridized carbons (Fsp3) is 0.130. The van der Waals surface area contributed by atoms with Gasteiger partial charge in [-0.2, -0.15) is 0 Å². The number of hydrogen-bond acceptors (Lipinski definition) is 4. The molecule has 0 fully saturated rings. The number of halogens is 2. The van der Waals surface area contributed by atoms with Crippen molar-refractivity contribution in [3.63, 3.8) is 0 Å². The van der Waals surface area contributed by atoms with Gasteiger partial charge in [-0.25, -0.2) is 8.42 Å². The number of sulfone groups is 1. The van der Waals surface area contributed by atoms with Gasteiger partial charge in [0.2, 0.25) is 0 Å². The highest BCUT2D eigenvalue weighted by atomic mass is 35.5. The standard InChI is InChI=1S/C23H18Cl2O4S/c1-15-2-12-20(13-3-15)30(28,29)22(23(27)17-6-10-19(25)11-7-17)14-21(26)16-4-8-18(24)9-5-16/h2-13,22H,14H2,1H3/t22-/m0/s1. The number of rotatable bonds is 7. The smallest absolute Gasteiger partial charge is 0.189 e. The van der Waals surface area contributed by atoms with Crippen LogP contribution in [0.5, 0.6) is 0 Å². The van der Waals surface area contributed by atoms with Crippen LogP contribution in [0.4, 0.5) is 0 Å². The van der Waals surface area contributed by atoms with Crippen LogP contribution in [0.1, 0.15) is 32.7 Å². The molecule has 0 aliphatic carbocycles. The summed E-state index contributed by atoms with van der Waals surface area (Å²) in [5, 5.41) is -0.695. The molecule has 0 amide bonds. The second-order valence-corrected chi connectivity index (χ2v) is 9.86. The van der Waals surface area contributed by atoms with E-state index in [1.807, 2.05) is 6.92 Å². The Morgan fingerprint density at radius 1 is 0.767 bits per heavy atom. The molecule has 30 heavy (non-hydrogen) atoms. The van der Waals surface area contributed by atoms with Gasteiger partial charge in [-0.1, -0.05) is 40.9 Å². The maximum atomic E-state index is 13.3. The summed E-state index contributed by atoms with van der Waals surface area (Å²) in [5.74, 6) is -1.12. The largest absolute Gasteiger partial charge is 0.294 e. The number of Topliss-reactive ketones (excluding diaryl/α,β-unsaturated/α-hetero) is 2. The molecule has 0 radical (unpaired) electrons. The molecule has 7 heteroatoms. The van der Waals surface area contributed by atoms with E-state index in [9.17, 15) is 18.0 Å². The molecule has 0 bridgehead atoms. The lowest BCUT2D eigenvalue weighted by Crippen LogP contribution is -2.33. The van der Waals surface area contributed by atoms with Gasteiger partial charge in [0.25, 0.3) is 0 Å². The number of carbonyl (C=O) groups is 2. The van der Waals surface area contributed by atoms with Crippen LogP contribution in [-0.4, -0.2) is 25.2 Å². The van der Waals surface area contributed by atoms with Crippen molar-refractivity contribution in [1.29, 1.82) is 0 Å². The summed E-state index contributed by atoms with van der Waals surface area (Å²) < 4.78 is 26.7. The Labute approximate surface area is 185 Å². The summed E-state index contributed by atoms with van der Waals surface area (Å²) in [4.78, 5) is 26.0. The number of carbonyl (C=O) groups excluding carboxylic acids is 2. The van der Waals surface area contributed by atoms with Crippen molar-refractivity contribution in [3.05, 3.63) is 99.5 Å². The molecule has 3 aromatic rings. The first-order chi connectivity index (χ1) is 14.2. The van der Waals surface area contributed by atoms with Crippen LogP contribution in [0.25, 0.3) is 0 Å². The summed E-state index contributed by atoms with van der Waals surface area (Å²) >= 11 is 11.7. The van der Waals surface area contributed by atoms with Gasteiger partial charge in [0.05, 0.1) is 4.90 Å². The van der Waals surface area contributed by atoms with Crippen LogP contribution in [-0.2, 0) is 9.84 Å². The molecule has 0 unspecified atom stereocenters. The minimum atomic E-state index is -4.12. The van der Waals surface area contributed by atoms with Crippen molar-refractivity contribution in [1.82, 2.24) is 0 Å². The van der Waals surface area contributed by atoms with Crippen LogP contribution in [0.2, 0.25) is 10.0 Å². The summed E-state index contributed by atoms with van der Waals surface area (Å²) in [6.45, 7) is 1.83. The Morgan fingerprint density at radius 2 is 1.23 bits per heavy atom. The monoisotopic (exact) mass is 460 g/mol. The third kappa shape index (κ3) is 4.98. The Morgan fingerprint density at radius 3 is 1.73 bits per heavy atom. The lowest BCUT2D eigenvalue weighted by molar-refractivity contribution is 0.0920. The van der Waals surface area contributed by atoms with Crippen molar-refractivity contribution >= 4 is 44.6 Å². The van der Waals surface area contributed by atoms with Crippen LogP contribution >= 0.6 is 23.2 Å². The van der Waals surface area contributed by atoms with E-state index >= 15 is 0 Å². The normalized spacial score (nSPS) is 12.4. The molecule has 0 saturated heterocycles. The van der Waals surface area contributed by atoms with Gasteiger partial charge in [0.1, 0.15) is 5.25 Å². The molecular formula is C23H18Cl2O4S. The summed E-state index contributed by atoms with van der Waals surface area (Å²) in [7, 11) is -4.12. The van der Waals surface area contributed by atoms with Gasteiger partial charge in [-0.05, 0) is 67.6 Å². The molecule has 3 aromatic carbocycles. The molecular weight excluding hydrogens is 443 g/mol. The molecule has 0 N–H and O–H groups in total. The third-order valence-electron chi connectivity index (χ3n) is 4.68. The van der Waals surface area contributed by atoms with Gasteiger partial charge in [0, 0.05) is 27.6 Å². The van der Waals surface area contributed by atoms with Crippen molar-refractivity contribution in [2.75, 3.05) is 0 Å². The lowest BCUT2D eigenvalue weighted by atomic mass is 10.0. The van der Waals surface area contributed by atoms with Gasteiger partial charge in [-0.3, -0.25) is 9.59 Å². The van der Waals surface area contributed by atoms with Crippen LogP contribution in [0, 0.1) is 6.92 Å². The van der Waals surface area contributed by atoms with E-state index in [-0.39, 0.29) is 16.0 Å². The maximum Gasteiger partial charge on any atom is 0.189 e. The second-order valence-electron chi connectivity index (χ2n) is 6.85. The first kappa shape index (κ1) is 22.2. The van der Waals surface area contributed by atoms with Gasteiger partial charge >= 0.3 is 0 Å². The van der Waals surface area contributed by atoms with E-state index in [2.05, 4.69) is 0 Å². The average Bonchev–Trinajstić information content (AvgIpc) is 2.72. The van der Waals surface area contributed by atoms with Crippen molar-refractivity contribution in [3.8, 4) is 0 Å². The Balaban J connectivity index is 2.02. The maximum absolute atomic E-state index is 13.3. The Hall–Kier alpha value is -2.47. The number of benzene rings is 3. The van der Waals surface area contributed by atoms with E-state index in [0.717, 1.165) is 5.56 Å².